The van der Waals surface area contributed by atoms with E-state index in [1.807, 2.05) is 13.8 Å². The predicted octanol–water partition coefficient (Wildman–Crippen LogP) is 1.15. The number of hydrogen-bond acceptors (Lipinski definition) is 4. The second-order valence-corrected chi connectivity index (χ2v) is 4.75. The van der Waals surface area contributed by atoms with Crippen LogP contribution in [0.25, 0.3) is 0 Å². The molecule has 18 heavy (non-hydrogen) atoms. The summed E-state index contributed by atoms with van der Waals surface area (Å²) in [6.07, 6.45) is -0.117. The molecular weight excluding hydrogens is 232 g/mol. The molecule has 1 heterocycles. The Morgan fingerprint density at radius 2 is 2.22 bits per heavy atom. The fraction of sp³-hybridized carbons (Fsp3) is 0.462. The quantitative estimate of drug-likeness (QED) is 0.789. The Morgan fingerprint density at radius 3 is 2.83 bits per heavy atom. The molecule has 5 heteroatoms. The normalized spacial score (nSPS) is 21.8. The minimum Gasteiger partial charge on any atom is -0.398 e. The van der Waals surface area contributed by atoms with E-state index in [0.717, 1.165) is 0 Å². The average Bonchev–Trinajstić information content (AvgIpc) is 2.66. The highest BCUT2D eigenvalue weighted by Crippen LogP contribution is 2.21. The number of anilines is 1. The van der Waals surface area contributed by atoms with E-state index in [-0.39, 0.29) is 12.0 Å². The summed E-state index contributed by atoms with van der Waals surface area (Å²) in [4.78, 5) is 11.9. The molecule has 1 aliphatic heterocycles. The predicted molar refractivity (Wildman–Crippen MR) is 68.1 cm³/mol. The highest BCUT2D eigenvalue weighted by atomic mass is 16.7. The minimum atomic E-state index is -0.568. The summed E-state index contributed by atoms with van der Waals surface area (Å²) in [5.41, 5.74) is 6.68. The van der Waals surface area contributed by atoms with Gasteiger partial charge in [-0.1, -0.05) is 12.1 Å². The van der Waals surface area contributed by atoms with Gasteiger partial charge in [0.25, 0.3) is 5.91 Å². The molecule has 1 fully saturated rings. The van der Waals surface area contributed by atoms with Crippen LogP contribution in [0.15, 0.2) is 24.3 Å². The number of rotatable bonds is 3. The minimum absolute atomic E-state index is 0.117. The highest BCUT2D eigenvalue weighted by molar-refractivity contribution is 5.99. The largest absolute Gasteiger partial charge is 0.398 e. The van der Waals surface area contributed by atoms with Crippen LogP contribution in [0.4, 0.5) is 5.69 Å². The van der Waals surface area contributed by atoms with Crippen molar-refractivity contribution in [3.8, 4) is 0 Å². The van der Waals surface area contributed by atoms with E-state index in [9.17, 15) is 4.79 Å². The topological polar surface area (TPSA) is 73.6 Å². The van der Waals surface area contributed by atoms with Crippen molar-refractivity contribution in [3.63, 3.8) is 0 Å². The number of amides is 1. The molecule has 98 valence electrons. The Hall–Kier alpha value is -1.59. The third kappa shape index (κ3) is 3.00. The van der Waals surface area contributed by atoms with Crippen LogP contribution in [-0.4, -0.2) is 30.9 Å². The molecule has 1 unspecified atom stereocenters. The first kappa shape index (κ1) is 12.9. The Bertz CT molecular complexity index is 446. The van der Waals surface area contributed by atoms with Gasteiger partial charge in [-0.2, -0.15) is 0 Å². The van der Waals surface area contributed by atoms with Crippen LogP contribution in [0, 0.1) is 0 Å². The Labute approximate surface area is 106 Å². The second kappa shape index (κ2) is 4.96. The summed E-state index contributed by atoms with van der Waals surface area (Å²) >= 11 is 0. The number of hydrogen-bond donors (Lipinski definition) is 2. The van der Waals surface area contributed by atoms with E-state index in [2.05, 4.69) is 5.32 Å². The smallest absolute Gasteiger partial charge is 0.253 e. The standard InChI is InChI=1S/C13H18N2O3/c1-13(2)17-8-9(18-13)7-15-12(16)10-5-3-4-6-11(10)14/h3-6,9H,7-8,14H2,1-2H3,(H,15,16). The molecule has 0 spiro atoms. The van der Waals surface area contributed by atoms with E-state index < -0.39 is 5.79 Å². The maximum absolute atomic E-state index is 11.9. The maximum Gasteiger partial charge on any atom is 0.253 e. The molecule has 1 aromatic carbocycles. The second-order valence-electron chi connectivity index (χ2n) is 4.75. The zero-order valence-corrected chi connectivity index (χ0v) is 10.6. The molecule has 0 saturated carbocycles. The molecule has 0 bridgehead atoms. The van der Waals surface area contributed by atoms with Gasteiger partial charge in [0, 0.05) is 12.2 Å². The number of nitrogens with one attached hydrogen (secondary N) is 1. The van der Waals surface area contributed by atoms with Crippen LogP contribution >= 0.6 is 0 Å². The van der Waals surface area contributed by atoms with Crippen molar-refractivity contribution in [3.05, 3.63) is 29.8 Å². The Morgan fingerprint density at radius 1 is 1.50 bits per heavy atom. The lowest BCUT2D eigenvalue weighted by molar-refractivity contribution is -0.137. The lowest BCUT2D eigenvalue weighted by Gasteiger charge is -2.17. The zero-order chi connectivity index (χ0) is 13.2. The molecule has 0 aromatic heterocycles. The van der Waals surface area contributed by atoms with Crippen molar-refractivity contribution in [1.82, 2.24) is 5.32 Å². The number of benzene rings is 1. The van der Waals surface area contributed by atoms with Gasteiger partial charge >= 0.3 is 0 Å². The Balaban J connectivity index is 1.88. The van der Waals surface area contributed by atoms with E-state index >= 15 is 0 Å². The first-order chi connectivity index (χ1) is 8.48. The Kier molecular flexibility index (Phi) is 3.54. The van der Waals surface area contributed by atoms with Crippen molar-refractivity contribution in [2.24, 2.45) is 0 Å². The molecule has 1 atom stereocenters. The molecule has 0 radical (unpaired) electrons. The van der Waals surface area contributed by atoms with Gasteiger partial charge < -0.3 is 20.5 Å². The van der Waals surface area contributed by atoms with Crippen LogP contribution in [-0.2, 0) is 9.47 Å². The molecule has 0 aliphatic carbocycles. The van der Waals surface area contributed by atoms with Crippen LogP contribution in [0.2, 0.25) is 0 Å². The van der Waals surface area contributed by atoms with Gasteiger partial charge in [0.1, 0.15) is 6.10 Å². The summed E-state index contributed by atoms with van der Waals surface area (Å²) in [6.45, 7) is 4.60. The first-order valence-electron chi connectivity index (χ1n) is 5.92. The first-order valence-corrected chi connectivity index (χ1v) is 5.92. The maximum atomic E-state index is 11.9. The van der Waals surface area contributed by atoms with E-state index in [1.165, 1.54) is 0 Å². The van der Waals surface area contributed by atoms with Crippen LogP contribution < -0.4 is 11.1 Å². The average molecular weight is 250 g/mol. The van der Waals surface area contributed by atoms with Crippen molar-refractivity contribution >= 4 is 11.6 Å². The summed E-state index contributed by atoms with van der Waals surface area (Å²) in [5.74, 6) is -0.761. The van der Waals surface area contributed by atoms with Gasteiger partial charge in [0.15, 0.2) is 5.79 Å². The van der Waals surface area contributed by atoms with Gasteiger partial charge in [0.05, 0.1) is 12.2 Å². The summed E-state index contributed by atoms with van der Waals surface area (Å²) < 4.78 is 11.0. The molecule has 3 N–H and O–H groups in total. The summed E-state index contributed by atoms with van der Waals surface area (Å²) in [5, 5.41) is 2.80. The third-order valence-electron chi connectivity index (χ3n) is 2.76. The number of carbonyl (C=O) groups is 1. The summed E-state index contributed by atoms with van der Waals surface area (Å²) in [7, 11) is 0. The molecule has 2 rings (SSSR count). The van der Waals surface area contributed by atoms with Crippen molar-refractivity contribution in [2.45, 2.75) is 25.7 Å². The number of nitrogens with two attached hydrogens (primary N) is 1. The fourth-order valence-electron chi connectivity index (χ4n) is 1.87. The van der Waals surface area contributed by atoms with E-state index in [4.69, 9.17) is 15.2 Å². The molecule has 1 aromatic rings. The highest BCUT2D eigenvalue weighted by Gasteiger charge is 2.32. The van der Waals surface area contributed by atoms with Crippen molar-refractivity contribution in [2.75, 3.05) is 18.9 Å². The summed E-state index contributed by atoms with van der Waals surface area (Å²) in [6, 6.07) is 6.97. The van der Waals surface area contributed by atoms with Crippen molar-refractivity contribution in [1.29, 1.82) is 0 Å². The molecule has 5 nitrogen and oxygen atoms in total. The number of carbonyl (C=O) groups excluding carboxylic acids is 1. The van der Waals surface area contributed by atoms with Gasteiger partial charge in [-0.25, -0.2) is 0 Å². The van der Waals surface area contributed by atoms with E-state index in [1.54, 1.807) is 24.3 Å². The van der Waals surface area contributed by atoms with Gasteiger partial charge in [0.2, 0.25) is 0 Å². The van der Waals surface area contributed by atoms with Gasteiger partial charge in [-0.3, -0.25) is 4.79 Å². The van der Waals surface area contributed by atoms with Gasteiger partial charge in [-0.05, 0) is 26.0 Å². The molecule has 1 aliphatic rings. The van der Waals surface area contributed by atoms with Crippen molar-refractivity contribution < 1.29 is 14.3 Å². The number of ether oxygens (including phenoxy) is 2. The zero-order valence-electron chi connectivity index (χ0n) is 10.6. The van der Waals surface area contributed by atoms with E-state index in [0.29, 0.717) is 24.4 Å². The monoisotopic (exact) mass is 250 g/mol. The number of nitrogen functional groups attached to an aromatic ring is 1. The molecular formula is C13H18N2O3. The lowest BCUT2D eigenvalue weighted by Crippen LogP contribution is -2.34. The lowest BCUT2D eigenvalue weighted by atomic mass is 10.1. The molecule has 1 amide bonds. The van der Waals surface area contributed by atoms with Crippen LogP contribution in [0.1, 0.15) is 24.2 Å². The third-order valence-corrected chi connectivity index (χ3v) is 2.76. The van der Waals surface area contributed by atoms with Crippen LogP contribution in [0.3, 0.4) is 0 Å². The fourth-order valence-corrected chi connectivity index (χ4v) is 1.87. The molecule has 1 saturated heterocycles. The van der Waals surface area contributed by atoms with Gasteiger partial charge in [-0.15, -0.1) is 0 Å². The van der Waals surface area contributed by atoms with Crippen LogP contribution in [0.5, 0.6) is 0 Å². The number of para-hydroxylation sites is 1. The SMILES string of the molecule is CC1(C)OCC(CNC(=O)c2ccccc2N)O1.